The van der Waals surface area contributed by atoms with Gasteiger partial charge in [-0.05, 0) is 29.4 Å². The predicted molar refractivity (Wildman–Crippen MR) is 84.1 cm³/mol. The third-order valence-electron chi connectivity index (χ3n) is 3.90. The van der Waals surface area contributed by atoms with Crippen LogP contribution in [0, 0.1) is 0 Å². The zero-order chi connectivity index (χ0) is 14.9. The van der Waals surface area contributed by atoms with E-state index in [0.29, 0.717) is 6.04 Å². The first-order chi connectivity index (χ1) is 10.0. The van der Waals surface area contributed by atoms with Gasteiger partial charge in [0.25, 0.3) is 0 Å². The summed E-state index contributed by atoms with van der Waals surface area (Å²) in [5.41, 5.74) is 3.84. The van der Waals surface area contributed by atoms with Crippen LogP contribution in [0.25, 0.3) is 0 Å². The standard InChI is InChI=1S/C17H24N4/c1-17(2,3)14-6-4-13(5-7-14)11-21-12-16(19-20-21)10-18-15-8-9-15/h4-7,12,15,18H,8-11H2,1-3H3. The van der Waals surface area contributed by atoms with Crippen molar-refractivity contribution < 1.29 is 0 Å². The summed E-state index contributed by atoms with van der Waals surface area (Å²) in [5.74, 6) is 0. The zero-order valence-corrected chi connectivity index (χ0v) is 13.1. The molecule has 21 heavy (non-hydrogen) atoms. The van der Waals surface area contributed by atoms with Crippen LogP contribution in [0.5, 0.6) is 0 Å². The van der Waals surface area contributed by atoms with Crippen molar-refractivity contribution in [3.63, 3.8) is 0 Å². The molecule has 1 aliphatic carbocycles. The molecule has 4 nitrogen and oxygen atoms in total. The highest BCUT2D eigenvalue weighted by molar-refractivity contribution is 5.27. The number of rotatable bonds is 5. The van der Waals surface area contributed by atoms with Gasteiger partial charge in [0.2, 0.25) is 0 Å². The third-order valence-corrected chi connectivity index (χ3v) is 3.90. The maximum Gasteiger partial charge on any atom is 0.0965 e. The summed E-state index contributed by atoms with van der Waals surface area (Å²) in [5, 5.41) is 11.9. The van der Waals surface area contributed by atoms with Crippen LogP contribution in [0.3, 0.4) is 0 Å². The number of hydrogen-bond acceptors (Lipinski definition) is 3. The topological polar surface area (TPSA) is 42.7 Å². The van der Waals surface area contributed by atoms with Crippen molar-refractivity contribution >= 4 is 0 Å². The van der Waals surface area contributed by atoms with Gasteiger partial charge in [-0.15, -0.1) is 5.10 Å². The van der Waals surface area contributed by atoms with Crippen LogP contribution >= 0.6 is 0 Å². The van der Waals surface area contributed by atoms with E-state index in [2.05, 4.69) is 60.7 Å². The van der Waals surface area contributed by atoms with E-state index in [1.165, 1.54) is 24.0 Å². The largest absolute Gasteiger partial charge is 0.308 e. The maximum absolute atomic E-state index is 4.22. The molecule has 1 aromatic carbocycles. The molecule has 0 saturated heterocycles. The summed E-state index contributed by atoms with van der Waals surface area (Å²) in [7, 11) is 0. The van der Waals surface area contributed by atoms with Gasteiger partial charge < -0.3 is 5.32 Å². The average molecular weight is 284 g/mol. The van der Waals surface area contributed by atoms with Gasteiger partial charge in [0.05, 0.1) is 18.4 Å². The first kappa shape index (κ1) is 14.3. The molecule has 1 aliphatic rings. The Balaban J connectivity index is 1.60. The van der Waals surface area contributed by atoms with Crippen molar-refractivity contribution in [1.82, 2.24) is 20.3 Å². The van der Waals surface area contributed by atoms with Crippen molar-refractivity contribution in [2.24, 2.45) is 0 Å². The molecule has 0 aliphatic heterocycles. The second kappa shape index (κ2) is 5.60. The van der Waals surface area contributed by atoms with Gasteiger partial charge in [-0.25, -0.2) is 4.68 Å². The Morgan fingerprint density at radius 1 is 1.19 bits per heavy atom. The van der Waals surface area contributed by atoms with Gasteiger partial charge in [-0.1, -0.05) is 50.3 Å². The highest BCUT2D eigenvalue weighted by Crippen LogP contribution is 2.22. The first-order valence-electron chi connectivity index (χ1n) is 7.72. The Kier molecular flexibility index (Phi) is 3.81. The van der Waals surface area contributed by atoms with Gasteiger partial charge in [-0.3, -0.25) is 0 Å². The summed E-state index contributed by atoms with van der Waals surface area (Å²) in [4.78, 5) is 0. The third kappa shape index (κ3) is 3.91. The lowest BCUT2D eigenvalue weighted by atomic mass is 9.87. The lowest BCUT2D eigenvalue weighted by Crippen LogP contribution is -2.15. The van der Waals surface area contributed by atoms with E-state index in [0.717, 1.165) is 18.8 Å². The van der Waals surface area contributed by atoms with Crippen LogP contribution in [0.4, 0.5) is 0 Å². The van der Waals surface area contributed by atoms with Crippen molar-refractivity contribution in [2.45, 2.75) is 58.2 Å². The van der Waals surface area contributed by atoms with E-state index in [-0.39, 0.29) is 5.41 Å². The Bertz CT molecular complexity index is 588. The summed E-state index contributed by atoms with van der Waals surface area (Å²) < 4.78 is 1.91. The minimum absolute atomic E-state index is 0.202. The molecule has 1 saturated carbocycles. The normalized spacial score (nSPS) is 15.4. The van der Waals surface area contributed by atoms with Gasteiger partial charge in [0.1, 0.15) is 0 Å². The Hall–Kier alpha value is -1.68. The molecule has 0 bridgehead atoms. The van der Waals surface area contributed by atoms with Gasteiger partial charge >= 0.3 is 0 Å². The highest BCUT2D eigenvalue weighted by atomic mass is 15.4. The molecule has 112 valence electrons. The molecule has 2 aromatic rings. The smallest absolute Gasteiger partial charge is 0.0965 e. The molecule has 1 N–H and O–H groups in total. The number of benzene rings is 1. The molecule has 0 atom stereocenters. The van der Waals surface area contributed by atoms with E-state index >= 15 is 0 Å². The minimum atomic E-state index is 0.202. The molecule has 4 heteroatoms. The Morgan fingerprint density at radius 2 is 1.90 bits per heavy atom. The fourth-order valence-electron chi connectivity index (χ4n) is 2.33. The lowest BCUT2D eigenvalue weighted by molar-refractivity contribution is 0.589. The second-order valence-electron chi connectivity index (χ2n) is 7.01. The fourth-order valence-corrected chi connectivity index (χ4v) is 2.33. The van der Waals surface area contributed by atoms with Crippen molar-refractivity contribution in [2.75, 3.05) is 0 Å². The summed E-state index contributed by atoms with van der Waals surface area (Å²) in [6.07, 6.45) is 4.63. The van der Waals surface area contributed by atoms with Gasteiger partial charge in [0.15, 0.2) is 0 Å². The van der Waals surface area contributed by atoms with Crippen LogP contribution < -0.4 is 5.32 Å². The van der Waals surface area contributed by atoms with Crippen LogP contribution in [-0.4, -0.2) is 21.0 Å². The van der Waals surface area contributed by atoms with E-state index in [1.54, 1.807) is 0 Å². The van der Waals surface area contributed by atoms with Crippen molar-refractivity contribution in [3.8, 4) is 0 Å². The van der Waals surface area contributed by atoms with Gasteiger partial charge in [-0.2, -0.15) is 0 Å². The van der Waals surface area contributed by atoms with Crippen LogP contribution in [0.15, 0.2) is 30.5 Å². The SMILES string of the molecule is CC(C)(C)c1ccc(Cn2cc(CNC3CC3)nn2)cc1. The molecular formula is C17H24N4. The molecule has 0 unspecified atom stereocenters. The predicted octanol–water partition coefficient (Wildman–Crippen LogP) is 2.88. The maximum atomic E-state index is 4.22. The quantitative estimate of drug-likeness (QED) is 0.918. The molecule has 1 heterocycles. The Morgan fingerprint density at radius 3 is 2.52 bits per heavy atom. The average Bonchev–Trinajstić information content (AvgIpc) is 3.16. The molecule has 0 radical (unpaired) electrons. The number of nitrogens with zero attached hydrogens (tertiary/aromatic N) is 3. The van der Waals surface area contributed by atoms with Gasteiger partial charge in [0, 0.05) is 12.6 Å². The van der Waals surface area contributed by atoms with Crippen LogP contribution in [0.1, 0.15) is 50.4 Å². The number of nitrogens with one attached hydrogen (secondary N) is 1. The minimum Gasteiger partial charge on any atom is -0.308 e. The van der Waals surface area contributed by atoms with E-state index in [1.807, 2.05) is 10.9 Å². The summed E-state index contributed by atoms with van der Waals surface area (Å²) >= 11 is 0. The Labute approximate surface area is 126 Å². The summed E-state index contributed by atoms with van der Waals surface area (Å²) in [6.45, 7) is 8.31. The van der Waals surface area contributed by atoms with Crippen LogP contribution in [0.2, 0.25) is 0 Å². The zero-order valence-electron chi connectivity index (χ0n) is 13.1. The highest BCUT2D eigenvalue weighted by Gasteiger charge is 2.20. The molecule has 1 fully saturated rings. The van der Waals surface area contributed by atoms with Crippen molar-refractivity contribution in [1.29, 1.82) is 0 Å². The van der Waals surface area contributed by atoms with Crippen LogP contribution in [-0.2, 0) is 18.5 Å². The molecule has 0 spiro atoms. The fraction of sp³-hybridized carbons (Fsp3) is 0.529. The van der Waals surface area contributed by atoms with E-state index in [4.69, 9.17) is 0 Å². The molecule has 0 amide bonds. The molecule has 3 rings (SSSR count). The lowest BCUT2D eigenvalue weighted by Gasteiger charge is -2.19. The summed E-state index contributed by atoms with van der Waals surface area (Å²) in [6, 6.07) is 9.50. The number of aromatic nitrogens is 3. The second-order valence-corrected chi connectivity index (χ2v) is 7.01. The molecular weight excluding hydrogens is 260 g/mol. The van der Waals surface area contributed by atoms with Crippen molar-refractivity contribution in [3.05, 3.63) is 47.3 Å². The number of hydrogen-bond donors (Lipinski definition) is 1. The monoisotopic (exact) mass is 284 g/mol. The molecule has 1 aromatic heterocycles. The van der Waals surface area contributed by atoms with E-state index in [9.17, 15) is 0 Å². The first-order valence-corrected chi connectivity index (χ1v) is 7.72. The van der Waals surface area contributed by atoms with E-state index < -0.39 is 0 Å².